The maximum absolute atomic E-state index is 11.4. The summed E-state index contributed by atoms with van der Waals surface area (Å²) in [4.78, 5) is 21.9. The number of furan rings is 1. The number of hydrogen-bond acceptors (Lipinski definition) is 6. The average Bonchev–Trinajstić information content (AvgIpc) is 2.94. The molecular formula is C14H22N2O6. The maximum Gasteiger partial charge on any atom is 0.407 e. The average molecular weight is 314 g/mol. The van der Waals surface area contributed by atoms with Crippen LogP contribution in [0.1, 0.15) is 25.0 Å². The number of alkyl carbamates (subject to hydrolysis) is 1. The number of amides is 1. The highest BCUT2D eigenvalue weighted by Crippen LogP contribution is 2.19. The molecule has 1 heterocycles. The highest BCUT2D eigenvalue weighted by atomic mass is 16.5. The van der Waals surface area contributed by atoms with Gasteiger partial charge in [-0.25, -0.2) is 4.79 Å². The highest BCUT2D eigenvalue weighted by Gasteiger charge is 2.11. The number of carboxylic acids is 1. The Hall–Kier alpha value is -2.22. The van der Waals surface area contributed by atoms with Gasteiger partial charge in [0.2, 0.25) is 0 Å². The number of unbranched alkanes of at least 4 members (excludes halogenated alkanes) is 1. The van der Waals surface area contributed by atoms with Crippen molar-refractivity contribution in [1.82, 2.24) is 5.32 Å². The Morgan fingerprint density at radius 2 is 2.23 bits per heavy atom. The lowest BCUT2D eigenvalue weighted by molar-refractivity contribution is -0.138. The first-order valence-electron chi connectivity index (χ1n) is 7.04. The molecule has 0 aliphatic heterocycles. The van der Waals surface area contributed by atoms with Gasteiger partial charge in [0.15, 0.2) is 5.75 Å². The minimum atomic E-state index is -1.01. The van der Waals surface area contributed by atoms with Crippen LogP contribution < -0.4 is 15.8 Å². The van der Waals surface area contributed by atoms with Gasteiger partial charge in [-0.1, -0.05) is 0 Å². The van der Waals surface area contributed by atoms with Crippen molar-refractivity contribution in [3.8, 4) is 5.75 Å². The van der Waals surface area contributed by atoms with Crippen LogP contribution in [0.2, 0.25) is 0 Å². The van der Waals surface area contributed by atoms with Crippen molar-refractivity contribution in [2.45, 2.75) is 31.7 Å². The number of hydrogen-bond donors (Lipinski definition) is 3. The van der Waals surface area contributed by atoms with Crippen LogP contribution in [0.4, 0.5) is 4.79 Å². The van der Waals surface area contributed by atoms with Crippen LogP contribution in [0.25, 0.3) is 0 Å². The first-order valence-corrected chi connectivity index (χ1v) is 7.04. The number of aliphatic carboxylic acids is 1. The zero-order chi connectivity index (χ0) is 16.4. The van der Waals surface area contributed by atoms with E-state index in [2.05, 4.69) is 5.32 Å². The summed E-state index contributed by atoms with van der Waals surface area (Å²) in [6.45, 7) is 0.592. The highest BCUT2D eigenvalue weighted by molar-refractivity contribution is 5.72. The second-order valence-corrected chi connectivity index (χ2v) is 4.67. The summed E-state index contributed by atoms with van der Waals surface area (Å²) in [6.07, 6.45) is 3.06. The molecule has 1 rings (SSSR count). The molecule has 1 atom stereocenters. The van der Waals surface area contributed by atoms with E-state index >= 15 is 0 Å². The van der Waals surface area contributed by atoms with Crippen molar-refractivity contribution in [3.05, 3.63) is 18.1 Å². The van der Waals surface area contributed by atoms with Crippen molar-refractivity contribution < 1.29 is 28.6 Å². The van der Waals surface area contributed by atoms with Gasteiger partial charge in [-0.05, 0) is 19.3 Å². The maximum atomic E-state index is 11.4. The zero-order valence-corrected chi connectivity index (χ0v) is 12.5. The topological polar surface area (TPSA) is 124 Å². The molecule has 0 unspecified atom stereocenters. The second-order valence-electron chi connectivity index (χ2n) is 4.67. The van der Waals surface area contributed by atoms with Gasteiger partial charge in [-0.3, -0.25) is 4.79 Å². The van der Waals surface area contributed by atoms with E-state index in [0.29, 0.717) is 43.7 Å². The molecule has 1 aromatic rings. The van der Waals surface area contributed by atoms with Crippen molar-refractivity contribution in [2.24, 2.45) is 5.73 Å². The van der Waals surface area contributed by atoms with Crippen LogP contribution >= 0.6 is 0 Å². The Morgan fingerprint density at radius 3 is 2.91 bits per heavy atom. The van der Waals surface area contributed by atoms with Crippen LogP contribution in [0.15, 0.2) is 16.7 Å². The van der Waals surface area contributed by atoms with Gasteiger partial charge in [-0.15, -0.1) is 0 Å². The molecule has 0 saturated heterocycles. The molecule has 0 radical (unpaired) electrons. The van der Waals surface area contributed by atoms with Crippen LogP contribution in [0.5, 0.6) is 5.75 Å². The minimum Gasteiger partial charge on any atom is -0.493 e. The molecule has 124 valence electrons. The molecular weight excluding hydrogens is 292 g/mol. The second kappa shape index (κ2) is 9.67. The molecule has 4 N–H and O–H groups in total. The smallest absolute Gasteiger partial charge is 0.407 e. The number of carbonyl (C=O) groups is 2. The van der Waals surface area contributed by atoms with Crippen molar-refractivity contribution >= 4 is 12.1 Å². The standard InChI is InChI=1S/C14H22N2O6/c1-20-11-5-8-21-12(11)6-9-22-14(19)16-7-3-2-4-10(15)13(17)18/h5,8,10H,2-4,6-7,9,15H2,1H3,(H,16,19)(H,17,18)/t10-/m0/s1. The lowest BCUT2D eigenvalue weighted by atomic mass is 10.1. The Labute approximate surface area is 128 Å². The number of carbonyl (C=O) groups excluding carboxylic acids is 1. The van der Waals surface area contributed by atoms with Crippen LogP contribution in [-0.2, 0) is 16.0 Å². The number of nitrogens with one attached hydrogen (secondary N) is 1. The molecule has 1 amide bonds. The summed E-state index contributed by atoms with van der Waals surface area (Å²) in [5.74, 6) is 0.234. The van der Waals surface area contributed by atoms with Gasteiger partial charge < -0.3 is 30.0 Å². The number of methoxy groups -OCH3 is 1. The third-order valence-corrected chi connectivity index (χ3v) is 3.02. The lowest BCUT2D eigenvalue weighted by Crippen LogP contribution is -2.30. The number of nitrogens with two attached hydrogens (primary N) is 1. The third kappa shape index (κ3) is 6.49. The summed E-state index contributed by atoms with van der Waals surface area (Å²) in [5.41, 5.74) is 5.36. The molecule has 22 heavy (non-hydrogen) atoms. The molecule has 0 aliphatic rings. The van der Waals surface area contributed by atoms with E-state index in [1.54, 1.807) is 6.07 Å². The van der Waals surface area contributed by atoms with E-state index in [1.165, 1.54) is 13.4 Å². The zero-order valence-electron chi connectivity index (χ0n) is 12.5. The van der Waals surface area contributed by atoms with E-state index in [4.69, 9.17) is 24.7 Å². The van der Waals surface area contributed by atoms with Gasteiger partial charge in [-0.2, -0.15) is 0 Å². The van der Waals surface area contributed by atoms with Crippen LogP contribution in [0.3, 0.4) is 0 Å². The normalized spacial score (nSPS) is 11.7. The molecule has 0 aliphatic carbocycles. The van der Waals surface area contributed by atoms with Gasteiger partial charge in [0.1, 0.15) is 18.4 Å². The lowest BCUT2D eigenvalue weighted by Gasteiger charge is -2.08. The van der Waals surface area contributed by atoms with E-state index in [0.717, 1.165) is 0 Å². The van der Waals surface area contributed by atoms with E-state index in [1.807, 2.05) is 0 Å². The first kappa shape index (κ1) is 17.8. The SMILES string of the molecule is COc1ccoc1CCOC(=O)NCCCC[C@H](N)C(=O)O. The number of ether oxygens (including phenoxy) is 2. The van der Waals surface area contributed by atoms with E-state index in [9.17, 15) is 9.59 Å². The summed E-state index contributed by atoms with van der Waals surface area (Å²) < 4.78 is 15.3. The molecule has 8 heteroatoms. The number of carboxylic acid groups (broad SMARTS) is 1. The summed E-state index contributed by atoms with van der Waals surface area (Å²) in [7, 11) is 1.54. The Morgan fingerprint density at radius 1 is 1.45 bits per heavy atom. The minimum absolute atomic E-state index is 0.180. The van der Waals surface area contributed by atoms with Gasteiger partial charge in [0, 0.05) is 19.0 Å². The predicted octanol–water partition coefficient (Wildman–Crippen LogP) is 1.14. The van der Waals surface area contributed by atoms with Crippen molar-refractivity contribution in [3.63, 3.8) is 0 Å². The Balaban J connectivity index is 2.05. The monoisotopic (exact) mass is 314 g/mol. The van der Waals surface area contributed by atoms with Crippen molar-refractivity contribution in [2.75, 3.05) is 20.3 Å². The van der Waals surface area contributed by atoms with Gasteiger partial charge in [0.25, 0.3) is 0 Å². The summed E-state index contributed by atoms with van der Waals surface area (Å²) in [5, 5.41) is 11.2. The third-order valence-electron chi connectivity index (χ3n) is 3.02. The summed E-state index contributed by atoms with van der Waals surface area (Å²) >= 11 is 0. The number of rotatable bonds is 10. The molecule has 0 aromatic carbocycles. The molecule has 0 saturated carbocycles. The van der Waals surface area contributed by atoms with E-state index in [-0.39, 0.29) is 6.61 Å². The Bertz CT molecular complexity index is 474. The molecule has 0 fully saturated rings. The largest absolute Gasteiger partial charge is 0.493 e. The van der Waals surface area contributed by atoms with Crippen LogP contribution in [0, 0.1) is 0 Å². The predicted molar refractivity (Wildman–Crippen MR) is 77.8 cm³/mol. The molecule has 8 nitrogen and oxygen atoms in total. The molecule has 0 bridgehead atoms. The van der Waals surface area contributed by atoms with Gasteiger partial charge >= 0.3 is 12.1 Å². The fourth-order valence-corrected chi connectivity index (χ4v) is 1.78. The van der Waals surface area contributed by atoms with Crippen molar-refractivity contribution in [1.29, 1.82) is 0 Å². The van der Waals surface area contributed by atoms with Gasteiger partial charge in [0.05, 0.1) is 13.4 Å². The molecule has 0 spiro atoms. The fourth-order valence-electron chi connectivity index (χ4n) is 1.78. The Kier molecular flexibility index (Phi) is 7.84. The van der Waals surface area contributed by atoms with E-state index < -0.39 is 18.1 Å². The van der Waals surface area contributed by atoms with Crippen LogP contribution in [-0.4, -0.2) is 43.5 Å². The molecule has 1 aromatic heterocycles. The fraction of sp³-hybridized carbons (Fsp3) is 0.571. The first-order chi connectivity index (χ1) is 10.5. The summed E-state index contributed by atoms with van der Waals surface area (Å²) in [6, 6.07) is 0.840. The quantitative estimate of drug-likeness (QED) is 0.553.